The van der Waals surface area contributed by atoms with E-state index in [1.807, 2.05) is 10.8 Å². The van der Waals surface area contributed by atoms with Crippen molar-refractivity contribution in [2.75, 3.05) is 6.61 Å². The zero-order valence-corrected chi connectivity index (χ0v) is 19.6. The molecule has 7 nitrogen and oxygen atoms in total. The molecule has 0 unspecified atom stereocenters. The molecule has 0 radical (unpaired) electrons. The highest BCUT2D eigenvalue weighted by Crippen LogP contribution is 2.28. The first-order chi connectivity index (χ1) is 15.7. The van der Waals surface area contributed by atoms with E-state index in [4.69, 9.17) is 4.74 Å². The summed E-state index contributed by atoms with van der Waals surface area (Å²) in [5.74, 6) is -1.00. The molecule has 2 aromatic carbocycles. The van der Waals surface area contributed by atoms with Crippen molar-refractivity contribution in [3.8, 4) is 16.9 Å². The van der Waals surface area contributed by atoms with Gasteiger partial charge in [0, 0.05) is 26.4 Å². The standard InChI is InChI=1S/C24H23FN4O3Si/c1-33(2,3)9-8-32-14-28-12-20(26-13-28)15-4-6-17-19(10-15)27-23-22(30)18-11-16(25)5-7-21(18)29(23)24(17)31/h4-7,10-13H,8-9,14H2,1-3H3. The van der Waals surface area contributed by atoms with Gasteiger partial charge in [0.2, 0.25) is 5.78 Å². The minimum atomic E-state index is -1.14. The first-order valence-electron chi connectivity index (χ1n) is 10.7. The summed E-state index contributed by atoms with van der Waals surface area (Å²) in [6, 6.07) is 10.1. The van der Waals surface area contributed by atoms with Crippen LogP contribution in [0.4, 0.5) is 4.39 Å². The lowest BCUT2D eigenvalue weighted by Gasteiger charge is -2.15. The summed E-state index contributed by atoms with van der Waals surface area (Å²) < 4.78 is 22.5. The number of imidazole rings is 1. The van der Waals surface area contributed by atoms with Gasteiger partial charge in [-0.05, 0) is 36.4 Å². The Kier molecular flexibility index (Phi) is 5.10. The van der Waals surface area contributed by atoms with Gasteiger partial charge in [-0.15, -0.1) is 0 Å². The van der Waals surface area contributed by atoms with E-state index in [0.717, 1.165) is 24.3 Å². The van der Waals surface area contributed by atoms with E-state index in [2.05, 4.69) is 29.6 Å². The molecule has 0 atom stereocenters. The van der Waals surface area contributed by atoms with Crippen LogP contribution in [0.25, 0.3) is 27.8 Å². The molecule has 0 spiro atoms. The van der Waals surface area contributed by atoms with Crippen molar-refractivity contribution in [1.29, 1.82) is 0 Å². The molecular formula is C24H23FN4O3Si. The molecular weight excluding hydrogens is 439 g/mol. The summed E-state index contributed by atoms with van der Waals surface area (Å²) in [6.45, 7) is 8.07. The third-order valence-corrected chi connectivity index (χ3v) is 7.39. The van der Waals surface area contributed by atoms with E-state index >= 15 is 0 Å². The van der Waals surface area contributed by atoms with Crippen LogP contribution in [0.1, 0.15) is 16.2 Å². The molecule has 9 heteroatoms. The van der Waals surface area contributed by atoms with Crippen LogP contribution in [0.15, 0.2) is 53.7 Å². The number of fused-ring (bicyclic) bond motifs is 4. The molecule has 0 saturated carbocycles. The Balaban J connectivity index is 1.45. The molecule has 1 aliphatic heterocycles. The first-order valence-corrected chi connectivity index (χ1v) is 14.4. The number of carbonyl (C=O) groups excluding carboxylic acids is 1. The number of rotatable bonds is 6. The van der Waals surface area contributed by atoms with Gasteiger partial charge in [-0.25, -0.2) is 14.4 Å². The second kappa shape index (κ2) is 7.86. The fourth-order valence-corrected chi connectivity index (χ4v) is 4.61. The second-order valence-electron chi connectivity index (χ2n) is 9.42. The number of carbonyl (C=O) groups is 1. The van der Waals surface area contributed by atoms with Gasteiger partial charge in [0.1, 0.15) is 12.5 Å². The largest absolute Gasteiger partial charge is 0.361 e. The summed E-state index contributed by atoms with van der Waals surface area (Å²) in [4.78, 5) is 34.8. The van der Waals surface area contributed by atoms with E-state index in [0.29, 0.717) is 29.0 Å². The minimum absolute atomic E-state index is 0.00780. The predicted octanol–water partition coefficient (Wildman–Crippen LogP) is 4.25. The third kappa shape index (κ3) is 3.94. The maximum absolute atomic E-state index is 13.7. The Morgan fingerprint density at radius 2 is 1.91 bits per heavy atom. The number of hydrogen-bond donors (Lipinski definition) is 0. The summed E-state index contributed by atoms with van der Waals surface area (Å²) in [5, 5.41) is 0.376. The van der Waals surface area contributed by atoms with Crippen molar-refractivity contribution in [3.63, 3.8) is 0 Å². The monoisotopic (exact) mass is 462 g/mol. The molecule has 0 aliphatic carbocycles. The minimum Gasteiger partial charge on any atom is -0.361 e. The zero-order chi connectivity index (χ0) is 23.3. The van der Waals surface area contributed by atoms with Crippen molar-refractivity contribution in [2.45, 2.75) is 32.4 Å². The van der Waals surface area contributed by atoms with Gasteiger partial charge in [0.15, 0.2) is 5.82 Å². The van der Waals surface area contributed by atoms with E-state index in [-0.39, 0.29) is 16.9 Å². The van der Waals surface area contributed by atoms with Crippen molar-refractivity contribution in [3.05, 3.63) is 76.5 Å². The molecule has 0 N–H and O–H groups in total. The maximum atomic E-state index is 13.7. The lowest BCUT2D eigenvalue weighted by molar-refractivity contribution is 0.0871. The number of ketones is 1. The summed E-state index contributed by atoms with van der Waals surface area (Å²) >= 11 is 0. The lowest BCUT2D eigenvalue weighted by Crippen LogP contribution is -2.21. The van der Waals surface area contributed by atoms with Crippen LogP contribution >= 0.6 is 0 Å². The Bertz CT molecular complexity index is 1470. The Morgan fingerprint density at radius 3 is 2.70 bits per heavy atom. The van der Waals surface area contributed by atoms with Crippen LogP contribution in [-0.4, -0.2) is 39.6 Å². The summed E-state index contributed by atoms with van der Waals surface area (Å²) in [7, 11) is -1.14. The van der Waals surface area contributed by atoms with Gasteiger partial charge >= 0.3 is 0 Å². The average Bonchev–Trinajstić information content (AvgIpc) is 3.34. The van der Waals surface area contributed by atoms with Crippen LogP contribution in [0.2, 0.25) is 25.7 Å². The number of benzene rings is 2. The SMILES string of the molecule is C[Si](C)(C)CCOCn1cnc(-c2ccc3c(=O)n4c(nc3c2)C(=O)c2cc(F)ccc2-4)c1. The molecule has 0 bridgehead atoms. The fourth-order valence-electron chi connectivity index (χ4n) is 3.85. The number of aromatic nitrogens is 4. The maximum Gasteiger partial charge on any atom is 0.266 e. The van der Waals surface area contributed by atoms with Crippen LogP contribution in [-0.2, 0) is 11.5 Å². The lowest BCUT2D eigenvalue weighted by atomic mass is 10.1. The Hall–Kier alpha value is -3.43. The molecule has 2 aromatic heterocycles. The van der Waals surface area contributed by atoms with Gasteiger partial charge in [-0.3, -0.25) is 14.2 Å². The summed E-state index contributed by atoms with van der Waals surface area (Å²) in [6.07, 6.45) is 3.58. The molecule has 4 aromatic rings. The van der Waals surface area contributed by atoms with Gasteiger partial charge in [-0.2, -0.15) is 0 Å². The van der Waals surface area contributed by atoms with Gasteiger partial charge in [0.25, 0.3) is 5.56 Å². The van der Waals surface area contributed by atoms with E-state index in [9.17, 15) is 14.0 Å². The predicted molar refractivity (Wildman–Crippen MR) is 126 cm³/mol. The van der Waals surface area contributed by atoms with Crippen LogP contribution in [0.3, 0.4) is 0 Å². The Morgan fingerprint density at radius 1 is 1.09 bits per heavy atom. The van der Waals surface area contributed by atoms with Crippen molar-refractivity contribution >= 4 is 24.8 Å². The van der Waals surface area contributed by atoms with Crippen molar-refractivity contribution < 1.29 is 13.9 Å². The normalized spacial score (nSPS) is 12.9. The third-order valence-electron chi connectivity index (χ3n) is 5.68. The molecule has 5 rings (SSSR count). The van der Waals surface area contributed by atoms with Crippen LogP contribution in [0.5, 0.6) is 0 Å². The second-order valence-corrected chi connectivity index (χ2v) is 15.0. The van der Waals surface area contributed by atoms with Crippen LogP contribution in [0, 0.1) is 5.82 Å². The molecule has 0 fully saturated rings. The molecule has 33 heavy (non-hydrogen) atoms. The van der Waals surface area contributed by atoms with Crippen LogP contribution < -0.4 is 5.56 Å². The zero-order valence-electron chi connectivity index (χ0n) is 18.6. The molecule has 0 saturated heterocycles. The molecule has 3 heterocycles. The molecule has 1 aliphatic rings. The quantitative estimate of drug-likeness (QED) is 0.279. The van der Waals surface area contributed by atoms with E-state index < -0.39 is 19.7 Å². The molecule has 168 valence electrons. The highest BCUT2D eigenvalue weighted by Gasteiger charge is 2.30. The number of ether oxygens (including phenoxy) is 1. The molecule has 0 amide bonds. The van der Waals surface area contributed by atoms with E-state index in [1.165, 1.54) is 16.7 Å². The number of nitrogens with zero attached hydrogens (tertiary/aromatic N) is 4. The van der Waals surface area contributed by atoms with Crippen molar-refractivity contribution in [1.82, 2.24) is 19.1 Å². The first kappa shape index (κ1) is 21.4. The Labute approximate surface area is 190 Å². The van der Waals surface area contributed by atoms with E-state index in [1.54, 1.807) is 24.5 Å². The number of halogens is 1. The average molecular weight is 463 g/mol. The number of hydrogen-bond acceptors (Lipinski definition) is 5. The fraction of sp³-hybridized carbons (Fsp3) is 0.250. The van der Waals surface area contributed by atoms with Gasteiger partial charge < -0.3 is 9.30 Å². The smallest absolute Gasteiger partial charge is 0.266 e. The topological polar surface area (TPSA) is 79.0 Å². The highest BCUT2D eigenvalue weighted by atomic mass is 28.3. The van der Waals surface area contributed by atoms with Gasteiger partial charge in [-0.1, -0.05) is 25.7 Å². The highest BCUT2D eigenvalue weighted by molar-refractivity contribution is 6.76. The van der Waals surface area contributed by atoms with Gasteiger partial charge in [0.05, 0.1) is 34.2 Å². The summed E-state index contributed by atoms with van der Waals surface area (Å²) in [5.41, 5.74) is 2.02. The van der Waals surface area contributed by atoms with Crippen molar-refractivity contribution in [2.24, 2.45) is 0 Å².